The molecule has 1 aliphatic rings. The second-order valence-electron chi connectivity index (χ2n) is 4.87. The van der Waals surface area contributed by atoms with Gasteiger partial charge in [0.2, 0.25) is 0 Å². The predicted octanol–water partition coefficient (Wildman–Crippen LogP) is 0.997. The van der Waals surface area contributed by atoms with Crippen LogP contribution in [0.2, 0.25) is 0 Å². The van der Waals surface area contributed by atoms with Crippen molar-refractivity contribution >= 4 is 12.0 Å². The standard InChI is InChI=1S/C14H14F3N3O4/c1-2-24-12(22)9-5-18-13(23)19-10(9)7-20-6-8(14(15,16)17)3-4-11(20)21/h3-4,6H,2,5,7H2,1H3,(H2,18,19,23). The molecule has 0 aromatic carbocycles. The Bertz CT molecular complexity index is 752. The summed E-state index contributed by atoms with van der Waals surface area (Å²) < 4.78 is 43.9. The number of allylic oxidation sites excluding steroid dienone is 1. The number of urea groups is 1. The number of nitrogens with zero attached hydrogens (tertiary/aromatic N) is 1. The molecule has 0 saturated heterocycles. The number of hydrogen-bond acceptors (Lipinski definition) is 4. The molecule has 2 amide bonds. The van der Waals surface area contributed by atoms with Crippen LogP contribution in [0.25, 0.3) is 0 Å². The van der Waals surface area contributed by atoms with E-state index in [1.165, 1.54) is 0 Å². The monoisotopic (exact) mass is 345 g/mol. The van der Waals surface area contributed by atoms with Gasteiger partial charge in [0.05, 0.1) is 36.5 Å². The average molecular weight is 345 g/mol. The highest BCUT2D eigenvalue weighted by Crippen LogP contribution is 2.28. The molecule has 10 heteroatoms. The summed E-state index contributed by atoms with van der Waals surface area (Å²) in [5.74, 6) is -0.722. The molecule has 24 heavy (non-hydrogen) atoms. The fraction of sp³-hybridized carbons (Fsp3) is 0.357. The van der Waals surface area contributed by atoms with Gasteiger partial charge in [0, 0.05) is 12.3 Å². The summed E-state index contributed by atoms with van der Waals surface area (Å²) in [7, 11) is 0. The summed E-state index contributed by atoms with van der Waals surface area (Å²) in [5.41, 5.74) is -1.66. The molecule has 1 aromatic rings. The van der Waals surface area contributed by atoms with Crippen LogP contribution in [0.3, 0.4) is 0 Å². The summed E-state index contributed by atoms with van der Waals surface area (Å²) in [4.78, 5) is 35.1. The maximum absolute atomic E-state index is 12.8. The lowest BCUT2D eigenvalue weighted by Crippen LogP contribution is -2.45. The fourth-order valence-corrected chi connectivity index (χ4v) is 2.07. The Kier molecular flexibility index (Phi) is 4.96. The fourth-order valence-electron chi connectivity index (χ4n) is 2.07. The Labute approximate surface area is 134 Å². The van der Waals surface area contributed by atoms with Crippen molar-refractivity contribution < 1.29 is 27.5 Å². The molecule has 2 rings (SSSR count). The van der Waals surface area contributed by atoms with E-state index in [0.717, 1.165) is 10.6 Å². The molecule has 7 nitrogen and oxygen atoms in total. The molecular formula is C14H14F3N3O4. The average Bonchev–Trinajstić information content (AvgIpc) is 2.48. The first-order valence-corrected chi connectivity index (χ1v) is 6.94. The van der Waals surface area contributed by atoms with E-state index in [-0.39, 0.29) is 24.4 Å². The van der Waals surface area contributed by atoms with Gasteiger partial charge in [0.25, 0.3) is 5.56 Å². The molecule has 1 aromatic heterocycles. The summed E-state index contributed by atoms with van der Waals surface area (Å²) in [6.45, 7) is 1.13. The van der Waals surface area contributed by atoms with Gasteiger partial charge in [0.1, 0.15) is 0 Å². The van der Waals surface area contributed by atoms with Crippen molar-refractivity contribution in [2.75, 3.05) is 13.2 Å². The van der Waals surface area contributed by atoms with E-state index in [4.69, 9.17) is 4.74 Å². The number of rotatable bonds is 4. The van der Waals surface area contributed by atoms with E-state index in [9.17, 15) is 27.6 Å². The van der Waals surface area contributed by atoms with Gasteiger partial charge in [-0.3, -0.25) is 4.79 Å². The van der Waals surface area contributed by atoms with Gasteiger partial charge >= 0.3 is 18.2 Å². The van der Waals surface area contributed by atoms with Crippen LogP contribution in [-0.4, -0.2) is 29.7 Å². The van der Waals surface area contributed by atoms with Crippen LogP contribution in [0, 0.1) is 0 Å². The van der Waals surface area contributed by atoms with Crippen LogP contribution < -0.4 is 16.2 Å². The van der Waals surface area contributed by atoms with E-state index in [1.807, 2.05) is 0 Å². The van der Waals surface area contributed by atoms with E-state index in [1.54, 1.807) is 6.92 Å². The number of nitrogens with one attached hydrogen (secondary N) is 2. The summed E-state index contributed by atoms with van der Waals surface area (Å²) in [6, 6.07) is 0.814. The number of amides is 2. The van der Waals surface area contributed by atoms with Gasteiger partial charge < -0.3 is 19.9 Å². The minimum atomic E-state index is -4.62. The van der Waals surface area contributed by atoms with Crippen molar-refractivity contribution in [3.05, 3.63) is 45.5 Å². The molecule has 2 heterocycles. The van der Waals surface area contributed by atoms with Gasteiger partial charge in [-0.25, -0.2) is 9.59 Å². The second kappa shape index (κ2) is 6.77. The van der Waals surface area contributed by atoms with Crippen LogP contribution in [0.1, 0.15) is 12.5 Å². The molecule has 0 aliphatic carbocycles. The Hall–Kier alpha value is -2.78. The molecule has 0 fully saturated rings. The largest absolute Gasteiger partial charge is 0.463 e. The molecule has 1 aliphatic heterocycles. The third-order valence-corrected chi connectivity index (χ3v) is 3.22. The zero-order valence-corrected chi connectivity index (χ0v) is 12.6. The number of halogens is 3. The zero-order valence-electron chi connectivity index (χ0n) is 12.6. The molecular weight excluding hydrogens is 331 g/mol. The van der Waals surface area contributed by atoms with E-state index >= 15 is 0 Å². The van der Waals surface area contributed by atoms with Gasteiger partial charge in [0.15, 0.2) is 0 Å². The number of carbonyl (C=O) groups is 2. The molecule has 0 bridgehead atoms. The highest BCUT2D eigenvalue weighted by atomic mass is 19.4. The predicted molar refractivity (Wildman–Crippen MR) is 75.9 cm³/mol. The summed E-state index contributed by atoms with van der Waals surface area (Å²) >= 11 is 0. The minimum Gasteiger partial charge on any atom is -0.463 e. The molecule has 0 unspecified atom stereocenters. The summed E-state index contributed by atoms with van der Waals surface area (Å²) in [5, 5.41) is 4.69. The number of hydrogen-bond donors (Lipinski definition) is 2. The number of aromatic nitrogens is 1. The van der Waals surface area contributed by atoms with Crippen molar-refractivity contribution in [1.29, 1.82) is 0 Å². The number of ether oxygens (including phenoxy) is 1. The maximum atomic E-state index is 12.8. The first kappa shape index (κ1) is 17.6. The normalized spacial score (nSPS) is 14.9. The van der Waals surface area contributed by atoms with Crippen LogP contribution in [0.5, 0.6) is 0 Å². The minimum absolute atomic E-state index is 0.0126. The Morgan fingerprint density at radius 3 is 2.67 bits per heavy atom. The van der Waals surface area contributed by atoms with Gasteiger partial charge in [-0.2, -0.15) is 13.2 Å². The van der Waals surface area contributed by atoms with Crippen molar-refractivity contribution in [2.24, 2.45) is 0 Å². The van der Waals surface area contributed by atoms with E-state index < -0.39 is 35.8 Å². The van der Waals surface area contributed by atoms with Gasteiger partial charge in [-0.05, 0) is 13.0 Å². The number of carbonyl (C=O) groups excluding carboxylic acids is 2. The molecule has 0 radical (unpaired) electrons. The number of alkyl halides is 3. The maximum Gasteiger partial charge on any atom is 0.417 e. The number of pyridine rings is 1. The molecule has 130 valence electrons. The van der Waals surface area contributed by atoms with Crippen molar-refractivity contribution in [2.45, 2.75) is 19.6 Å². The van der Waals surface area contributed by atoms with Crippen LogP contribution in [-0.2, 0) is 22.3 Å². The highest BCUT2D eigenvalue weighted by molar-refractivity contribution is 5.93. The summed E-state index contributed by atoms with van der Waals surface area (Å²) in [6.07, 6.45) is -3.99. The Balaban J connectivity index is 2.41. The first-order valence-electron chi connectivity index (χ1n) is 6.94. The first-order chi connectivity index (χ1) is 11.2. The third-order valence-electron chi connectivity index (χ3n) is 3.22. The van der Waals surface area contributed by atoms with E-state index in [2.05, 4.69) is 10.6 Å². The lowest BCUT2D eigenvalue weighted by molar-refractivity contribution is -0.139. The SMILES string of the molecule is CCOC(=O)C1=C(Cn2cc(C(F)(F)F)ccc2=O)NC(=O)NC1. The molecule has 0 atom stereocenters. The van der Waals surface area contributed by atoms with Crippen molar-refractivity contribution in [3.63, 3.8) is 0 Å². The van der Waals surface area contributed by atoms with Crippen LogP contribution in [0.15, 0.2) is 34.4 Å². The smallest absolute Gasteiger partial charge is 0.417 e. The molecule has 2 N–H and O–H groups in total. The van der Waals surface area contributed by atoms with E-state index in [0.29, 0.717) is 12.3 Å². The van der Waals surface area contributed by atoms with Gasteiger partial charge in [-0.1, -0.05) is 0 Å². The highest BCUT2D eigenvalue weighted by Gasteiger charge is 2.31. The number of esters is 1. The second-order valence-corrected chi connectivity index (χ2v) is 4.87. The Morgan fingerprint density at radius 1 is 1.33 bits per heavy atom. The van der Waals surface area contributed by atoms with Crippen LogP contribution >= 0.6 is 0 Å². The quantitative estimate of drug-likeness (QED) is 0.797. The lowest BCUT2D eigenvalue weighted by atomic mass is 10.1. The molecule has 0 spiro atoms. The van der Waals surface area contributed by atoms with Crippen LogP contribution in [0.4, 0.5) is 18.0 Å². The molecule has 0 saturated carbocycles. The van der Waals surface area contributed by atoms with Crippen molar-refractivity contribution in [1.82, 2.24) is 15.2 Å². The van der Waals surface area contributed by atoms with Gasteiger partial charge in [-0.15, -0.1) is 0 Å². The third kappa shape index (κ3) is 3.94. The topological polar surface area (TPSA) is 89.4 Å². The Morgan fingerprint density at radius 2 is 2.04 bits per heavy atom. The zero-order chi connectivity index (χ0) is 17.9. The lowest BCUT2D eigenvalue weighted by Gasteiger charge is -2.22. The van der Waals surface area contributed by atoms with Crippen molar-refractivity contribution in [3.8, 4) is 0 Å².